The molecule has 192 valence electrons. The predicted molar refractivity (Wildman–Crippen MR) is 119 cm³/mol. The molecule has 0 amide bonds. The summed E-state index contributed by atoms with van der Waals surface area (Å²) >= 11 is 0. The van der Waals surface area contributed by atoms with Crippen molar-refractivity contribution < 1.29 is 40.2 Å². The molecule has 0 bridgehead atoms. The van der Waals surface area contributed by atoms with Crippen LogP contribution in [0.15, 0.2) is 48.5 Å². The van der Waals surface area contributed by atoms with E-state index in [0.29, 0.717) is 36.0 Å². The molecule has 0 spiro atoms. The zero-order valence-electron chi connectivity index (χ0n) is 19.1. The Morgan fingerprint density at radius 1 is 0.667 bits per heavy atom. The molecular formula is C27H23F7O2. The molecule has 36 heavy (non-hydrogen) atoms. The van der Waals surface area contributed by atoms with Gasteiger partial charge in [0, 0.05) is 12.1 Å². The molecule has 1 aliphatic carbocycles. The van der Waals surface area contributed by atoms with Crippen molar-refractivity contribution in [3.05, 3.63) is 83.2 Å². The first-order valence-electron chi connectivity index (χ1n) is 11.6. The molecule has 0 unspecified atom stereocenters. The fourth-order valence-electron chi connectivity index (χ4n) is 4.30. The second-order valence-electron chi connectivity index (χ2n) is 8.83. The maximum absolute atomic E-state index is 14.6. The Kier molecular flexibility index (Phi) is 7.76. The van der Waals surface area contributed by atoms with Crippen LogP contribution in [0.2, 0.25) is 0 Å². The smallest absolute Gasteiger partial charge is 0.432 e. The van der Waals surface area contributed by atoms with Crippen molar-refractivity contribution >= 4 is 0 Å². The lowest BCUT2D eigenvalue weighted by atomic mass is 10.0. The van der Waals surface area contributed by atoms with Crippen LogP contribution in [-0.2, 0) is 6.11 Å². The molecule has 0 radical (unpaired) electrons. The van der Waals surface area contributed by atoms with Gasteiger partial charge in [0.1, 0.15) is 28.7 Å². The first-order chi connectivity index (χ1) is 17.1. The Bertz CT molecular complexity index is 1160. The lowest BCUT2D eigenvalue weighted by Gasteiger charge is -2.20. The molecular weight excluding hydrogens is 489 g/mol. The summed E-state index contributed by atoms with van der Waals surface area (Å²) in [5.41, 5.74) is -1.41. The molecule has 1 aliphatic rings. The van der Waals surface area contributed by atoms with E-state index in [9.17, 15) is 30.7 Å². The third kappa shape index (κ3) is 5.94. The zero-order valence-corrected chi connectivity index (χ0v) is 19.1. The van der Waals surface area contributed by atoms with E-state index in [0.717, 1.165) is 12.8 Å². The van der Waals surface area contributed by atoms with Gasteiger partial charge in [-0.2, -0.15) is 8.78 Å². The molecule has 0 N–H and O–H groups in total. The standard InChI is InChI=1S/C27H23F7O2/c28-21-11-18(17-7-9-19(10-8-17)35-15-16-5-3-1-2-4-6-16)12-22(29)25(21)27(33,34)36-20-13-23(30)26(32)24(31)14-20/h7-14,16H,1-6,15H2. The van der Waals surface area contributed by atoms with Gasteiger partial charge in [-0.1, -0.05) is 37.8 Å². The molecule has 0 aliphatic heterocycles. The van der Waals surface area contributed by atoms with Crippen LogP contribution < -0.4 is 9.47 Å². The molecule has 1 fully saturated rings. The van der Waals surface area contributed by atoms with Crippen LogP contribution in [0.3, 0.4) is 0 Å². The maximum atomic E-state index is 14.6. The van der Waals surface area contributed by atoms with Crippen molar-refractivity contribution in [3.8, 4) is 22.6 Å². The van der Waals surface area contributed by atoms with E-state index < -0.39 is 46.5 Å². The van der Waals surface area contributed by atoms with Crippen LogP contribution >= 0.6 is 0 Å². The summed E-state index contributed by atoms with van der Waals surface area (Å²) in [7, 11) is 0. The summed E-state index contributed by atoms with van der Waals surface area (Å²) in [5, 5.41) is 0. The van der Waals surface area contributed by atoms with E-state index in [4.69, 9.17) is 4.74 Å². The molecule has 0 aromatic heterocycles. The van der Waals surface area contributed by atoms with Crippen molar-refractivity contribution in [1.82, 2.24) is 0 Å². The number of hydrogen-bond donors (Lipinski definition) is 0. The molecule has 3 aromatic carbocycles. The van der Waals surface area contributed by atoms with E-state index in [2.05, 4.69) is 4.74 Å². The van der Waals surface area contributed by atoms with Crippen molar-refractivity contribution in [2.45, 2.75) is 44.6 Å². The number of rotatable bonds is 7. The highest BCUT2D eigenvalue weighted by molar-refractivity contribution is 5.65. The van der Waals surface area contributed by atoms with Crippen molar-refractivity contribution in [2.24, 2.45) is 5.92 Å². The predicted octanol–water partition coefficient (Wildman–Crippen LogP) is 8.53. The van der Waals surface area contributed by atoms with E-state index >= 15 is 0 Å². The minimum atomic E-state index is -4.64. The molecule has 4 rings (SSSR count). The van der Waals surface area contributed by atoms with Crippen LogP contribution in [0.5, 0.6) is 11.5 Å². The number of benzene rings is 3. The summed E-state index contributed by atoms with van der Waals surface area (Å²) in [4.78, 5) is 0. The van der Waals surface area contributed by atoms with E-state index in [1.54, 1.807) is 24.3 Å². The van der Waals surface area contributed by atoms with Crippen molar-refractivity contribution in [2.75, 3.05) is 6.61 Å². The first-order valence-corrected chi connectivity index (χ1v) is 11.6. The Morgan fingerprint density at radius 3 is 1.78 bits per heavy atom. The Morgan fingerprint density at radius 2 is 1.22 bits per heavy atom. The normalized spacial score (nSPS) is 15.0. The molecule has 2 nitrogen and oxygen atoms in total. The first kappa shape index (κ1) is 25.9. The highest BCUT2D eigenvalue weighted by Crippen LogP contribution is 2.38. The van der Waals surface area contributed by atoms with Gasteiger partial charge in [0.05, 0.1) is 6.61 Å². The minimum absolute atomic E-state index is 0.0151. The van der Waals surface area contributed by atoms with Gasteiger partial charge in [-0.05, 0) is 54.2 Å². The molecule has 0 atom stereocenters. The lowest BCUT2D eigenvalue weighted by Crippen LogP contribution is -2.25. The van der Waals surface area contributed by atoms with Gasteiger partial charge in [-0.15, -0.1) is 0 Å². The van der Waals surface area contributed by atoms with Gasteiger partial charge in [0.25, 0.3) is 0 Å². The van der Waals surface area contributed by atoms with Crippen molar-refractivity contribution in [1.29, 1.82) is 0 Å². The monoisotopic (exact) mass is 512 g/mol. The summed E-state index contributed by atoms with van der Waals surface area (Å²) in [6, 6.07) is 8.05. The fourth-order valence-corrected chi connectivity index (χ4v) is 4.30. The third-order valence-corrected chi connectivity index (χ3v) is 6.18. The lowest BCUT2D eigenvalue weighted by molar-refractivity contribution is -0.189. The van der Waals surface area contributed by atoms with Crippen LogP contribution in [0, 0.1) is 35.0 Å². The second-order valence-corrected chi connectivity index (χ2v) is 8.83. The second kappa shape index (κ2) is 10.8. The number of ether oxygens (including phenoxy) is 2. The molecule has 0 saturated heterocycles. The van der Waals surface area contributed by atoms with Crippen molar-refractivity contribution in [3.63, 3.8) is 0 Å². The Balaban J connectivity index is 1.49. The molecule has 9 heteroatoms. The van der Waals surface area contributed by atoms with Gasteiger partial charge in [-0.3, -0.25) is 0 Å². The summed E-state index contributed by atoms with van der Waals surface area (Å²) in [6.45, 7) is 0.578. The third-order valence-electron chi connectivity index (χ3n) is 6.18. The fraction of sp³-hybridized carbons (Fsp3) is 0.333. The zero-order chi connectivity index (χ0) is 25.9. The molecule has 0 heterocycles. The number of alkyl halides is 2. The van der Waals surface area contributed by atoms with Gasteiger partial charge < -0.3 is 9.47 Å². The van der Waals surface area contributed by atoms with Gasteiger partial charge in [0.2, 0.25) is 0 Å². The van der Waals surface area contributed by atoms with Crippen LogP contribution in [0.25, 0.3) is 11.1 Å². The highest BCUT2D eigenvalue weighted by Gasteiger charge is 2.41. The average Bonchev–Trinajstić information content (AvgIpc) is 3.09. The highest BCUT2D eigenvalue weighted by atomic mass is 19.3. The maximum Gasteiger partial charge on any atom is 0.432 e. The quantitative estimate of drug-likeness (QED) is 0.179. The number of hydrogen-bond acceptors (Lipinski definition) is 2. The Hall–Kier alpha value is -3.23. The summed E-state index contributed by atoms with van der Waals surface area (Å²) in [5.74, 6) is -8.82. The largest absolute Gasteiger partial charge is 0.493 e. The average molecular weight is 512 g/mol. The van der Waals surface area contributed by atoms with E-state index in [1.165, 1.54) is 25.7 Å². The van der Waals surface area contributed by atoms with Crippen LogP contribution in [0.4, 0.5) is 30.7 Å². The van der Waals surface area contributed by atoms with Crippen LogP contribution in [-0.4, -0.2) is 6.61 Å². The van der Waals surface area contributed by atoms with Gasteiger partial charge in [0.15, 0.2) is 17.5 Å². The van der Waals surface area contributed by atoms with E-state index in [-0.39, 0.29) is 17.7 Å². The Labute approximate surface area is 203 Å². The SMILES string of the molecule is Fc1cc(OC(F)(F)c2c(F)cc(-c3ccc(OCC4CCCCCC4)cc3)cc2F)cc(F)c1F. The number of halogens is 7. The topological polar surface area (TPSA) is 18.5 Å². The summed E-state index contributed by atoms with van der Waals surface area (Å²) < 4.78 is 108. The minimum Gasteiger partial charge on any atom is -0.493 e. The summed E-state index contributed by atoms with van der Waals surface area (Å²) in [6.07, 6.45) is 2.42. The molecule has 3 aromatic rings. The van der Waals surface area contributed by atoms with Gasteiger partial charge in [-0.25, -0.2) is 22.0 Å². The van der Waals surface area contributed by atoms with E-state index in [1.807, 2.05) is 0 Å². The molecule has 1 saturated carbocycles. The van der Waals surface area contributed by atoms with Gasteiger partial charge >= 0.3 is 6.11 Å². The van der Waals surface area contributed by atoms with Crippen LogP contribution in [0.1, 0.15) is 44.1 Å².